The molecule has 0 unspecified atom stereocenters. The van der Waals surface area contributed by atoms with Crippen molar-refractivity contribution in [1.82, 2.24) is 0 Å². The van der Waals surface area contributed by atoms with Crippen molar-refractivity contribution in [2.24, 2.45) is 5.34 Å². The standard InChI is InChI=1S/Al.HNO3.HNO2.Na.H/c;2-1(3)4;2-1-3;;/h;(H,2,3,4);(H,2,3);;/q+3;;;;. The van der Waals surface area contributed by atoms with Gasteiger partial charge in [0.1, 0.15) is 0 Å². The van der Waals surface area contributed by atoms with Crippen molar-refractivity contribution in [2.45, 2.75) is 0 Å². The van der Waals surface area contributed by atoms with E-state index in [1.165, 1.54) is 5.34 Å². The first-order valence-corrected chi connectivity index (χ1v) is 0.948. The van der Waals surface area contributed by atoms with Gasteiger partial charge in [-0.15, -0.1) is 15.0 Å². The Balaban J connectivity index is -0.0000000233. The molecule has 0 aliphatic rings. The van der Waals surface area contributed by atoms with Crippen LogP contribution in [-0.4, -0.2) is 62.4 Å². The van der Waals surface area contributed by atoms with Crippen molar-refractivity contribution in [3.63, 3.8) is 0 Å². The predicted octanol–water partition coefficient (Wildman–Crippen LogP) is -1.24. The van der Waals surface area contributed by atoms with E-state index < -0.39 is 5.09 Å². The molecule has 9 heteroatoms. The van der Waals surface area contributed by atoms with E-state index in [4.69, 9.17) is 25.4 Å². The molecule has 0 atom stereocenters. The Morgan fingerprint density at radius 3 is 1.56 bits per heavy atom. The van der Waals surface area contributed by atoms with Crippen molar-refractivity contribution in [2.75, 3.05) is 0 Å². The molecule has 44 valence electrons. The van der Waals surface area contributed by atoms with Crippen LogP contribution in [0, 0.1) is 15.0 Å². The van der Waals surface area contributed by atoms with Crippen LogP contribution >= 0.6 is 0 Å². The summed E-state index contributed by atoms with van der Waals surface area (Å²) in [5, 5.41) is 21.5. The normalized spacial score (nSPS) is 4.00. The quantitative estimate of drug-likeness (QED) is 0.200. The van der Waals surface area contributed by atoms with Crippen LogP contribution in [0.3, 0.4) is 0 Å². The Morgan fingerprint density at radius 2 is 1.56 bits per heavy atom. The minimum atomic E-state index is -1.50. The summed E-state index contributed by atoms with van der Waals surface area (Å²) in [5.74, 6) is 0. The maximum atomic E-state index is 8.36. The summed E-state index contributed by atoms with van der Waals surface area (Å²) in [7, 11) is 0. The topological polar surface area (TPSA) is 113 Å². The molecule has 0 aromatic rings. The first kappa shape index (κ1) is 22.9. The summed E-state index contributed by atoms with van der Waals surface area (Å²) >= 11 is 0. The number of rotatable bonds is 0. The average molecular weight is 161 g/mol. The van der Waals surface area contributed by atoms with E-state index in [2.05, 4.69) is 0 Å². The van der Waals surface area contributed by atoms with Gasteiger partial charge >= 0.3 is 46.9 Å². The third kappa shape index (κ3) is 17400. The fourth-order valence-corrected chi connectivity index (χ4v) is 0. The first-order valence-electron chi connectivity index (χ1n) is 0.948. The SMILES string of the molecule is O=NO.O=[N+]([O-])O.[Al+3].[NaH]. The molecule has 0 radical (unpaired) electrons. The van der Waals surface area contributed by atoms with Gasteiger partial charge in [0.05, 0.1) is 0 Å². The Bertz CT molecular complexity index is 62.0. The second-order valence-corrected chi connectivity index (χ2v) is 0.319. The molecule has 0 amide bonds. The zero-order valence-corrected chi connectivity index (χ0v) is 4.75. The summed E-state index contributed by atoms with van der Waals surface area (Å²) in [6.07, 6.45) is 0. The Labute approximate surface area is 82.5 Å². The van der Waals surface area contributed by atoms with Crippen LogP contribution in [-0.2, 0) is 0 Å². The summed E-state index contributed by atoms with van der Waals surface area (Å²) < 4.78 is 0. The van der Waals surface area contributed by atoms with E-state index in [-0.39, 0.29) is 46.9 Å². The van der Waals surface area contributed by atoms with E-state index in [0.717, 1.165) is 0 Å². The second kappa shape index (κ2) is 24.2. The van der Waals surface area contributed by atoms with Crippen molar-refractivity contribution in [3.05, 3.63) is 15.0 Å². The van der Waals surface area contributed by atoms with Crippen LogP contribution in [0.15, 0.2) is 5.34 Å². The van der Waals surface area contributed by atoms with E-state index in [1.54, 1.807) is 0 Å². The molecule has 0 aromatic carbocycles. The summed E-state index contributed by atoms with van der Waals surface area (Å²) in [6.45, 7) is 0. The minimum absolute atomic E-state index is 0. The Morgan fingerprint density at radius 1 is 1.56 bits per heavy atom. The van der Waals surface area contributed by atoms with Gasteiger partial charge in [-0.1, -0.05) is 0 Å². The van der Waals surface area contributed by atoms with Crippen molar-refractivity contribution >= 4 is 46.9 Å². The predicted molar refractivity (Wildman–Crippen MR) is 29.3 cm³/mol. The first-order chi connectivity index (χ1) is 3.15. The number of hydrogen-bond donors (Lipinski definition) is 2. The monoisotopic (exact) mass is 161 g/mol. The molecule has 0 aromatic heterocycles. The molecule has 0 rings (SSSR count). The molecule has 0 heterocycles. The fourth-order valence-electron chi connectivity index (χ4n) is 0. The van der Waals surface area contributed by atoms with Gasteiger partial charge in [0.15, 0.2) is 5.34 Å². The third-order valence-corrected chi connectivity index (χ3v) is 0. The van der Waals surface area contributed by atoms with Gasteiger partial charge in [-0.05, 0) is 0 Å². The molecule has 9 heavy (non-hydrogen) atoms. The van der Waals surface area contributed by atoms with Crippen molar-refractivity contribution in [3.8, 4) is 0 Å². The van der Waals surface area contributed by atoms with Gasteiger partial charge in [-0.25, -0.2) is 0 Å². The van der Waals surface area contributed by atoms with Crippen LogP contribution in [0.25, 0.3) is 0 Å². The van der Waals surface area contributed by atoms with E-state index >= 15 is 0 Å². The summed E-state index contributed by atoms with van der Waals surface area (Å²) in [4.78, 5) is 16.5. The van der Waals surface area contributed by atoms with E-state index in [9.17, 15) is 0 Å². The molecule has 0 spiro atoms. The zero-order valence-electron chi connectivity index (χ0n) is 3.59. The molecule has 7 nitrogen and oxygen atoms in total. The van der Waals surface area contributed by atoms with Crippen molar-refractivity contribution in [1.29, 1.82) is 0 Å². The van der Waals surface area contributed by atoms with Gasteiger partial charge in [-0.2, -0.15) is 0 Å². The molecular weight excluding hydrogens is 158 g/mol. The molecule has 2 N–H and O–H groups in total. The van der Waals surface area contributed by atoms with Crippen LogP contribution < -0.4 is 0 Å². The van der Waals surface area contributed by atoms with Gasteiger partial charge in [-0.3, -0.25) is 0 Å². The molecule has 0 saturated carbocycles. The number of hydrogen-bond acceptors (Lipinski definition) is 4. The Kier molecular flexibility index (Phi) is 61.7. The van der Waals surface area contributed by atoms with Crippen LogP contribution in [0.4, 0.5) is 0 Å². The van der Waals surface area contributed by atoms with Crippen LogP contribution in [0.5, 0.6) is 0 Å². The Hall–Kier alpha value is 0.132. The molecule has 0 bridgehead atoms. The fraction of sp³-hybridized carbons (Fsp3) is 0. The van der Waals surface area contributed by atoms with Crippen LogP contribution in [0.2, 0.25) is 0 Å². The van der Waals surface area contributed by atoms with Crippen molar-refractivity contribution < 1.29 is 15.5 Å². The molecule has 0 aliphatic heterocycles. The van der Waals surface area contributed by atoms with Crippen LogP contribution in [0.1, 0.15) is 0 Å². The van der Waals surface area contributed by atoms with Gasteiger partial charge in [0, 0.05) is 0 Å². The third-order valence-electron chi connectivity index (χ3n) is 0. The summed E-state index contributed by atoms with van der Waals surface area (Å²) in [6, 6.07) is 0. The molecule has 0 saturated heterocycles. The van der Waals surface area contributed by atoms with E-state index in [0.29, 0.717) is 0 Å². The summed E-state index contributed by atoms with van der Waals surface area (Å²) in [5.41, 5.74) is 0. The molecular formula is H3AlN2NaO5+3. The molecule has 0 aliphatic carbocycles. The zero-order chi connectivity index (χ0) is 6.28. The van der Waals surface area contributed by atoms with Gasteiger partial charge in [0.2, 0.25) is 0 Å². The average Bonchev–Trinajstić information content (AvgIpc) is 1.33. The van der Waals surface area contributed by atoms with Gasteiger partial charge in [0.25, 0.3) is 5.09 Å². The van der Waals surface area contributed by atoms with Gasteiger partial charge < -0.3 is 10.4 Å². The maximum absolute atomic E-state index is 8.36. The van der Waals surface area contributed by atoms with E-state index in [1.807, 2.05) is 0 Å². The molecule has 0 fully saturated rings. The second-order valence-electron chi connectivity index (χ2n) is 0.319. The number of nitrogens with zero attached hydrogens (tertiary/aromatic N) is 2.